The van der Waals surface area contributed by atoms with E-state index in [4.69, 9.17) is 0 Å². The molecule has 0 bridgehead atoms. The molecule has 4 heteroatoms. The Labute approximate surface area is 123 Å². The molecule has 4 nitrogen and oxygen atoms in total. The number of benzene rings is 2. The Kier molecular flexibility index (Phi) is 3.27. The molecular weight excluding hydrogens is 264 g/mol. The summed E-state index contributed by atoms with van der Waals surface area (Å²) in [5.74, 6) is 0.444. The quantitative estimate of drug-likeness (QED) is 0.776. The standard InChI is InChI=1S/C17H18N2O2/c1-17(21,15(20)12-8-4-3-5-9-12)16-18-13-10-6-7-11-14(13)19(16)2/h3-11,15,20-21H,1-2H3/t15-,17+/m1/s1. The minimum atomic E-state index is -1.48. The lowest BCUT2D eigenvalue weighted by Crippen LogP contribution is -2.33. The Morgan fingerprint density at radius 1 is 1.05 bits per heavy atom. The molecule has 108 valence electrons. The van der Waals surface area contributed by atoms with Crippen molar-refractivity contribution in [2.24, 2.45) is 7.05 Å². The molecule has 0 aliphatic rings. The van der Waals surface area contributed by atoms with E-state index in [1.165, 1.54) is 0 Å². The van der Waals surface area contributed by atoms with Gasteiger partial charge in [0, 0.05) is 7.05 Å². The number of imidazole rings is 1. The van der Waals surface area contributed by atoms with Crippen molar-refractivity contribution in [1.82, 2.24) is 9.55 Å². The van der Waals surface area contributed by atoms with Crippen molar-refractivity contribution in [2.75, 3.05) is 0 Å². The van der Waals surface area contributed by atoms with E-state index in [2.05, 4.69) is 4.98 Å². The number of aliphatic hydroxyl groups excluding tert-OH is 1. The highest BCUT2D eigenvalue weighted by Crippen LogP contribution is 2.35. The SMILES string of the molecule is Cn1c([C@@](C)(O)[C@H](O)c2ccccc2)nc2ccccc21. The summed E-state index contributed by atoms with van der Waals surface area (Å²) in [6.45, 7) is 1.59. The predicted octanol–water partition coefficient (Wildman–Crippen LogP) is 2.51. The number of aromatic nitrogens is 2. The number of rotatable bonds is 3. The molecule has 0 spiro atoms. The van der Waals surface area contributed by atoms with E-state index in [0.29, 0.717) is 11.4 Å². The van der Waals surface area contributed by atoms with Crippen LogP contribution in [0.15, 0.2) is 54.6 Å². The smallest absolute Gasteiger partial charge is 0.149 e. The van der Waals surface area contributed by atoms with Gasteiger partial charge in [-0.3, -0.25) is 0 Å². The fraction of sp³-hybridized carbons (Fsp3) is 0.235. The van der Waals surface area contributed by atoms with Gasteiger partial charge in [-0.15, -0.1) is 0 Å². The monoisotopic (exact) mass is 282 g/mol. The van der Waals surface area contributed by atoms with Gasteiger partial charge in [0.2, 0.25) is 0 Å². The summed E-state index contributed by atoms with van der Waals surface area (Å²) in [6, 6.07) is 16.8. The first-order valence-corrected chi connectivity index (χ1v) is 6.89. The minimum absolute atomic E-state index is 0.444. The Balaban J connectivity index is 2.09. The Morgan fingerprint density at radius 2 is 1.67 bits per heavy atom. The van der Waals surface area contributed by atoms with Gasteiger partial charge < -0.3 is 14.8 Å². The van der Waals surface area contributed by atoms with E-state index in [0.717, 1.165) is 11.0 Å². The molecule has 21 heavy (non-hydrogen) atoms. The van der Waals surface area contributed by atoms with E-state index < -0.39 is 11.7 Å². The lowest BCUT2D eigenvalue weighted by Gasteiger charge is -2.28. The Morgan fingerprint density at radius 3 is 2.33 bits per heavy atom. The maximum atomic E-state index is 10.9. The summed E-state index contributed by atoms with van der Waals surface area (Å²) in [5.41, 5.74) is 0.910. The second-order valence-electron chi connectivity index (χ2n) is 5.44. The van der Waals surface area contributed by atoms with Crippen LogP contribution in [0.4, 0.5) is 0 Å². The Hall–Kier alpha value is -2.17. The van der Waals surface area contributed by atoms with Crippen LogP contribution in [0.25, 0.3) is 11.0 Å². The zero-order chi connectivity index (χ0) is 15.0. The summed E-state index contributed by atoms with van der Waals surface area (Å²) < 4.78 is 1.82. The van der Waals surface area contributed by atoms with E-state index in [1.54, 1.807) is 19.1 Å². The molecule has 0 aliphatic heterocycles. The second-order valence-corrected chi connectivity index (χ2v) is 5.44. The van der Waals surface area contributed by atoms with Crippen molar-refractivity contribution < 1.29 is 10.2 Å². The van der Waals surface area contributed by atoms with Crippen molar-refractivity contribution in [3.8, 4) is 0 Å². The molecule has 0 amide bonds. The topological polar surface area (TPSA) is 58.3 Å². The van der Waals surface area contributed by atoms with E-state index in [1.807, 2.05) is 54.1 Å². The normalized spacial score (nSPS) is 15.8. The predicted molar refractivity (Wildman–Crippen MR) is 81.7 cm³/mol. The highest BCUT2D eigenvalue weighted by atomic mass is 16.3. The molecule has 2 N–H and O–H groups in total. The van der Waals surface area contributed by atoms with Gasteiger partial charge in [0.25, 0.3) is 0 Å². The largest absolute Gasteiger partial charge is 0.385 e. The van der Waals surface area contributed by atoms with Crippen molar-refractivity contribution in [2.45, 2.75) is 18.6 Å². The third kappa shape index (κ3) is 2.22. The summed E-state index contributed by atoms with van der Waals surface area (Å²) in [4.78, 5) is 4.48. The molecule has 2 atom stereocenters. The third-order valence-corrected chi connectivity index (χ3v) is 3.89. The first-order chi connectivity index (χ1) is 10.0. The number of hydrogen-bond acceptors (Lipinski definition) is 3. The van der Waals surface area contributed by atoms with Gasteiger partial charge in [0.1, 0.15) is 17.5 Å². The van der Waals surface area contributed by atoms with E-state index in [-0.39, 0.29) is 0 Å². The fourth-order valence-electron chi connectivity index (χ4n) is 2.68. The molecule has 0 saturated carbocycles. The fourth-order valence-corrected chi connectivity index (χ4v) is 2.68. The summed E-state index contributed by atoms with van der Waals surface area (Å²) in [6.07, 6.45) is -1.05. The summed E-state index contributed by atoms with van der Waals surface area (Å²) in [7, 11) is 1.84. The minimum Gasteiger partial charge on any atom is -0.385 e. The van der Waals surface area contributed by atoms with Crippen LogP contribution in [0.1, 0.15) is 24.4 Å². The molecule has 1 heterocycles. The number of hydrogen-bond donors (Lipinski definition) is 2. The average molecular weight is 282 g/mol. The molecule has 2 aromatic carbocycles. The maximum Gasteiger partial charge on any atom is 0.149 e. The first-order valence-electron chi connectivity index (χ1n) is 6.89. The molecular formula is C17H18N2O2. The lowest BCUT2D eigenvalue weighted by molar-refractivity contribution is -0.0764. The van der Waals surface area contributed by atoms with E-state index >= 15 is 0 Å². The molecule has 3 rings (SSSR count). The Bertz CT molecular complexity index is 763. The highest BCUT2D eigenvalue weighted by molar-refractivity contribution is 5.76. The van der Waals surface area contributed by atoms with Gasteiger partial charge >= 0.3 is 0 Å². The maximum absolute atomic E-state index is 10.9. The molecule has 0 radical (unpaired) electrons. The number of aliphatic hydroxyl groups is 2. The second kappa shape index (κ2) is 4.98. The zero-order valence-electron chi connectivity index (χ0n) is 12.1. The first kappa shape index (κ1) is 13.8. The van der Waals surface area contributed by atoms with Crippen molar-refractivity contribution >= 4 is 11.0 Å². The van der Waals surface area contributed by atoms with Gasteiger partial charge in [0.05, 0.1) is 11.0 Å². The van der Waals surface area contributed by atoms with Crippen LogP contribution in [-0.4, -0.2) is 19.8 Å². The average Bonchev–Trinajstić information content (AvgIpc) is 2.86. The van der Waals surface area contributed by atoms with Crippen LogP contribution in [0, 0.1) is 0 Å². The van der Waals surface area contributed by atoms with Crippen LogP contribution in [0.3, 0.4) is 0 Å². The molecule has 1 aromatic heterocycles. The van der Waals surface area contributed by atoms with Crippen LogP contribution in [0.5, 0.6) is 0 Å². The van der Waals surface area contributed by atoms with Crippen molar-refractivity contribution in [3.63, 3.8) is 0 Å². The molecule has 0 fully saturated rings. The molecule has 0 unspecified atom stereocenters. The van der Waals surface area contributed by atoms with Crippen molar-refractivity contribution in [1.29, 1.82) is 0 Å². The van der Waals surface area contributed by atoms with Gasteiger partial charge in [-0.2, -0.15) is 0 Å². The number of aryl methyl sites for hydroxylation is 1. The summed E-state index contributed by atoms with van der Waals surface area (Å²) in [5, 5.41) is 21.4. The number of para-hydroxylation sites is 2. The van der Waals surface area contributed by atoms with Crippen molar-refractivity contribution in [3.05, 3.63) is 66.0 Å². The van der Waals surface area contributed by atoms with Crippen LogP contribution < -0.4 is 0 Å². The van der Waals surface area contributed by atoms with E-state index in [9.17, 15) is 10.2 Å². The highest BCUT2D eigenvalue weighted by Gasteiger charge is 2.37. The summed E-state index contributed by atoms with van der Waals surface area (Å²) >= 11 is 0. The molecule has 0 aliphatic carbocycles. The van der Waals surface area contributed by atoms with Crippen LogP contribution in [0.2, 0.25) is 0 Å². The number of fused-ring (bicyclic) bond motifs is 1. The number of nitrogens with zero attached hydrogens (tertiary/aromatic N) is 2. The van der Waals surface area contributed by atoms with Crippen LogP contribution >= 0.6 is 0 Å². The van der Waals surface area contributed by atoms with Gasteiger partial charge in [0.15, 0.2) is 0 Å². The van der Waals surface area contributed by atoms with Gasteiger partial charge in [-0.05, 0) is 24.6 Å². The third-order valence-electron chi connectivity index (χ3n) is 3.89. The van der Waals surface area contributed by atoms with Gasteiger partial charge in [-0.25, -0.2) is 4.98 Å². The van der Waals surface area contributed by atoms with Crippen LogP contribution in [-0.2, 0) is 12.6 Å². The zero-order valence-corrected chi connectivity index (χ0v) is 12.1. The van der Waals surface area contributed by atoms with Gasteiger partial charge in [-0.1, -0.05) is 42.5 Å². The molecule has 0 saturated heterocycles. The lowest BCUT2D eigenvalue weighted by atomic mass is 9.92. The molecule has 3 aromatic rings.